The Labute approximate surface area is 92.0 Å². The molecule has 1 aliphatic heterocycles. The zero-order valence-corrected chi connectivity index (χ0v) is 10.1. The minimum Gasteiger partial charge on any atom is -0.375 e. The first-order valence-corrected chi connectivity index (χ1v) is 5.63. The molecular weight excluding hydrogens is 192 g/mol. The summed E-state index contributed by atoms with van der Waals surface area (Å²) < 4.78 is 5.50. The first kappa shape index (κ1) is 12.5. The normalized spacial score (nSPS) is 28.9. The summed E-state index contributed by atoms with van der Waals surface area (Å²) in [5, 5.41) is 3.03. The van der Waals surface area contributed by atoms with Gasteiger partial charge in [0, 0.05) is 19.0 Å². The van der Waals surface area contributed by atoms with Crippen LogP contribution < -0.4 is 5.32 Å². The topological polar surface area (TPSA) is 41.6 Å². The third-order valence-electron chi connectivity index (χ3n) is 2.82. The highest BCUT2D eigenvalue weighted by atomic mass is 16.5. The Morgan fingerprint density at radius 2 is 2.27 bits per heavy atom. The fraction of sp³-hybridized carbons (Fsp3) is 0.909. The van der Waals surface area contributed by atoms with Crippen LogP contribution in [0.3, 0.4) is 0 Å². The van der Waals surface area contributed by atoms with Gasteiger partial charge in [0.05, 0.1) is 18.8 Å². The highest BCUT2D eigenvalue weighted by Gasteiger charge is 2.29. The van der Waals surface area contributed by atoms with Gasteiger partial charge >= 0.3 is 0 Å². The summed E-state index contributed by atoms with van der Waals surface area (Å²) in [7, 11) is 1.87. The fourth-order valence-corrected chi connectivity index (χ4v) is 1.89. The Bertz CT molecular complexity index is 221. The molecule has 0 aromatic heterocycles. The number of carbonyl (C=O) groups excluding carboxylic acids is 1. The quantitative estimate of drug-likeness (QED) is 0.743. The van der Waals surface area contributed by atoms with E-state index in [2.05, 4.69) is 5.32 Å². The molecule has 1 heterocycles. The van der Waals surface area contributed by atoms with Crippen molar-refractivity contribution < 1.29 is 9.53 Å². The van der Waals surface area contributed by atoms with E-state index in [1.807, 2.05) is 32.7 Å². The summed E-state index contributed by atoms with van der Waals surface area (Å²) in [6.45, 7) is 8.11. The van der Waals surface area contributed by atoms with Gasteiger partial charge in [-0.05, 0) is 20.9 Å². The van der Waals surface area contributed by atoms with Crippen molar-refractivity contribution in [2.45, 2.75) is 32.9 Å². The second-order valence-electron chi connectivity index (χ2n) is 4.44. The Morgan fingerprint density at radius 3 is 2.87 bits per heavy atom. The molecule has 15 heavy (non-hydrogen) atoms. The molecule has 4 heteroatoms. The fourth-order valence-electron chi connectivity index (χ4n) is 1.89. The third kappa shape index (κ3) is 3.18. The molecule has 3 unspecified atom stereocenters. The molecule has 0 aliphatic carbocycles. The van der Waals surface area contributed by atoms with Crippen molar-refractivity contribution >= 4 is 5.91 Å². The average molecular weight is 214 g/mol. The van der Waals surface area contributed by atoms with Crippen LogP contribution in [0.25, 0.3) is 0 Å². The Kier molecular flexibility index (Phi) is 4.54. The Morgan fingerprint density at radius 1 is 1.60 bits per heavy atom. The summed E-state index contributed by atoms with van der Waals surface area (Å²) in [4.78, 5) is 14.0. The van der Waals surface area contributed by atoms with Gasteiger partial charge in [0.1, 0.15) is 0 Å². The van der Waals surface area contributed by atoms with E-state index in [-0.39, 0.29) is 24.0 Å². The maximum Gasteiger partial charge on any atom is 0.227 e. The monoisotopic (exact) mass is 214 g/mol. The van der Waals surface area contributed by atoms with Crippen LogP contribution in [-0.4, -0.2) is 49.7 Å². The standard InChI is InChI=1S/C11H22N2O2/c1-8(5-12-4)11(14)13-6-10(3)15-7-9(13)2/h8-10,12H,5-7H2,1-4H3. The lowest BCUT2D eigenvalue weighted by Gasteiger charge is -2.38. The second-order valence-corrected chi connectivity index (χ2v) is 4.44. The lowest BCUT2D eigenvalue weighted by molar-refractivity contribution is -0.146. The van der Waals surface area contributed by atoms with Crippen LogP contribution in [0.2, 0.25) is 0 Å². The number of carbonyl (C=O) groups is 1. The van der Waals surface area contributed by atoms with E-state index in [4.69, 9.17) is 4.74 Å². The lowest BCUT2D eigenvalue weighted by atomic mass is 10.1. The number of ether oxygens (including phenoxy) is 1. The zero-order chi connectivity index (χ0) is 11.4. The Balaban J connectivity index is 2.56. The molecule has 3 atom stereocenters. The highest BCUT2D eigenvalue weighted by Crippen LogP contribution is 2.14. The minimum atomic E-state index is 0.0442. The van der Waals surface area contributed by atoms with Crippen LogP contribution >= 0.6 is 0 Å². The number of hydrogen-bond donors (Lipinski definition) is 1. The van der Waals surface area contributed by atoms with Crippen LogP contribution in [0.1, 0.15) is 20.8 Å². The molecule has 0 aromatic rings. The molecule has 0 radical (unpaired) electrons. The van der Waals surface area contributed by atoms with Crippen LogP contribution in [-0.2, 0) is 9.53 Å². The van der Waals surface area contributed by atoms with Gasteiger partial charge in [0.2, 0.25) is 5.91 Å². The van der Waals surface area contributed by atoms with Gasteiger partial charge in [-0.15, -0.1) is 0 Å². The van der Waals surface area contributed by atoms with Crippen LogP contribution in [0, 0.1) is 5.92 Å². The molecule has 1 N–H and O–H groups in total. The van der Waals surface area contributed by atoms with Gasteiger partial charge in [-0.1, -0.05) is 6.92 Å². The summed E-state index contributed by atoms with van der Waals surface area (Å²) in [6, 6.07) is 0.202. The lowest BCUT2D eigenvalue weighted by Crippen LogP contribution is -2.52. The largest absolute Gasteiger partial charge is 0.375 e. The number of amides is 1. The van der Waals surface area contributed by atoms with E-state index in [9.17, 15) is 4.79 Å². The van der Waals surface area contributed by atoms with E-state index in [1.54, 1.807) is 0 Å². The molecule has 1 amide bonds. The van der Waals surface area contributed by atoms with Crippen LogP contribution in [0.5, 0.6) is 0 Å². The summed E-state index contributed by atoms with van der Waals surface area (Å²) >= 11 is 0. The number of hydrogen-bond acceptors (Lipinski definition) is 3. The molecular formula is C11H22N2O2. The second kappa shape index (κ2) is 5.47. The van der Waals surface area contributed by atoms with Gasteiger partial charge in [-0.3, -0.25) is 4.79 Å². The molecule has 1 rings (SSSR count). The maximum absolute atomic E-state index is 12.1. The van der Waals surface area contributed by atoms with Gasteiger partial charge in [-0.2, -0.15) is 0 Å². The molecule has 1 aliphatic rings. The summed E-state index contributed by atoms with van der Waals surface area (Å²) in [6.07, 6.45) is 0.159. The predicted octanol–water partition coefficient (Wildman–Crippen LogP) is 0.478. The summed E-state index contributed by atoms with van der Waals surface area (Å²) in [5.41, 5.74) is 0. The Hall–Kier alpha value is -0.610. The maximum atomic E-state index is 12.1. The van der Waals surface area contributed by atoms with Crippen molar-refractivity contribution in [1.82, 2.24) is 10.2 Å². The van der Waals surface area contributed by atoms with Crippen molar-refractivity contribution in [3.63, 3.8) is 0 Å². The van der Waals surface area contributed by atoms with E-state index in [0.29, 0.717) is 13.2 Å². The van der Waals surface area contributed by atoms with Crippen molar-refractivity contribution in [1.29, 1.82) is 0 Å². The molecule has 0 saturated carbocycles. The van der Waals surface area contributed by atoms with E-state index in [0.717, 1.165) is 6.54 Å². The van der Waals surface area contributed by atoms with Crippen LogP contribution in [0.15, 0.2) is 0 Å². The molecule has 0 spiro atoms. The van der Waals surface area contributed by atoms with Gasteiger partial charge < -0.3 is 15.0 Å². The molecule has 88 valence electrons. The predicted molar refractivity (Wildman–Crippen MR) is 59.7 cm³/mol. The van der Waals surface area contributed by atoms with Gasteiger partial charge in [0.25, 0.3) is 0 Å². The molecule has 0 aromatic carbocycles. The third-order valence-corrected chi connectivity index (χ3v) is 2.82. The molecule has 1 saturated heterocycles. The first-order chi connectivity index (χ1) is 7.06. The molecule has 4 nitrogen and oxygen atoms in total. The van der Waals surface area contributed by atoms with Gasteiger partial charge in [0.15, 0.2) is 0 Å². The minimum absolute atomic E-state index is 0.0442. The van der Waals surface area contributed by atoms with E-state index in [1.165, 1.54) is 0 Å². The zero-order valence-electron chi connectivity index (χ0n) is 10.1. The van der Waals surface area contributed by atoms with E-state index >= 15 is 0 Å². The van der Waals surface area contributed by atoms with Crippen molar-refractivity contribution in [3.8, 4) is 0 Å². The molecule has 0 bridgehead atoms. The van der Waals surface area contributed by atoms with Crippen molar-refractivity contribution in [2.75, 3.05) is 26.7 Å². The average Bonchev–Trinajstić information content (AvgIpc) is 2.21. The number of morpholine rings is 1. The number of nitrogens with one attached hydrogen (secondary N) is 1. The highest BCUT2D eigenvalue weighted by molar-refractivity contribution is 5.79. The first-order valence-electron chi connectivity index (χ1n) is 5.63. The van der Waals surface area contributed by atoms with E-state index < -0.39 is 0 Å². The summed E-state index contributed by atoms with van der Waals surface area (Å²) in [5.74, 6) is 0.273. The molecule has 1 fully saturated rings. The smallest absolute Gasteiger partial charge is 0.227 e. The number of rotatable bonds is 3. The SMILES string of the molecule is CNCC(C)C(=O)N1CC(C)OCC1C. The number of nitrogens with zero attached hydrogens (tertiary/aromatic N) is 1. The van der Waals surface area contributed by atoms with Crippen molar-refractivity contribution in [3.05, 3.63) is 0 Å². The van der Waals surface area contributed by atoms with Crippen LogP contribution in [0.4, 0.5) is 0 Å². The van der Waals surface area contributed by atoms with Gasteiger partial charge in [-0.25, -0.2) is 0 Å². The van der Waals surface area contributed by atoms with Crippen molar-refractivity contribution in [2.24, 2.45) is 5.92 Å².